The molecule has 0 spiro atoms. The van der Waals surface area contributed by atoms with Gasteiger partial charge >= 0.3 is 0 Å². The second-order valence-electron chi connectivity index (χ2n) is 4.37. The molecule has 0 bridgehead atoms. The molecule has 0 aliphatic carbocycles. The molecule has 0 aliphatic heterocycles. The first-order chi connectivity index (χ1) is 10.3. The molecule has 3 aromatic rings. The van der Waals surface area contributed by atoms with Crippen molar-refractivity contribution >= 4 is 50.8 Å². The number of aryl methyl sites for hydroxylation is 1. The quantitative estimate of drug-likeness (QED) is 0.684. The highest BCUT2D eigenvalue weighted by Crippen LogP contribution is 2.36. The Morgan fingerprint density at radius 1 is 1.29 bits per heavy atom. The molecule has 5 nitrogen and oxygen atoms in total. The molecule has 0 saturated heterocycles. The minimum atomic E-state index is 0.695. The summed E-state index contributed by atoms with van der Waals surface area (Å²) in [6.07, 6.45) is 3.64. The number of anilines is 1. The summed E-state index contributed by atoms with van der Waals surface area (Å²) < 4.78 is 4.95. The smallest absolute Gasteiger partial charge is 0.225 e. The zero-order chi connectivity index (χ0) is 14.7. The molecule has 3 heterocycles. The summed E-state index contributed by atoms with van der Waals surface area (Å²) in [4.78, 5) is 15.9. The number of hydrogen-bond donors (Lipinski definition) is 1. The minimum Gasteiger partial charge on any atom is -0.354 e. The fourth-order valence-corrected chi connectivity index (χ4v) is 4.29. The highest BCUT2D eigenvalue weighted by Gasteiger charge is 2.13. The molecule has 0 atom stereocenters. The van der Waals surface area contributed by atoms with E-state index in [0.717, 1.165) is 39.0 Å². The largest absolute Gasteiger partial charge is 0.354 e. The standard InChI is InChI=1S/C13H15N5S3/c1-3-5-14-12-17-10-9(6-8(4-2)19-10)11(18-12)20-13-15-7-16-21-13/h6-7H,3-5H2,1-2H3,(H,14,17,18). The Bertz CT molecular complexity index is 723. The molecule has 0 fully saturated rings. The van der Waals surface area contributed by atoms with Crippen LogP contribution in [-0.2, 0) is 6.42 Å². The van der Waals surface area contributed by atoms with Gasteiger partial charge in [-0.3, -0.25) is 0 Å². The summed E-state index contributed by atoms with van der Waals surface area (Å²) in [5.74, 6) is 0.695. The van der Waals surface area contributed by atoms with E-state index in [4.69, 9.17) is 0 Å². The third-order valence-electron chi connectivity index (χ3n) is 2.82. The van der Waals surface area contributed by atoms with Gasteiger partial charge in [0.1, 0.15) is 16.2 Å². The molecule has 0 amide bonds. The number of thiophene rings is 1. The third-order valence-corrected chi connectivity index (χ3v) is 5.71. The molecule has 1 N–H and O–H groups in total. The lowest BCUT2D eigenvalue weighted by atomic mass is 10.3. The Morgan fingerprint density at radius 3 is 2.90 bits per heavy atom. The van der Waals surface area contributed by atoms with Crippen molar-refractivity contribution in [3.63, 3.8) is 0 Å². The zero-order valence-electron chi connectivity index (χ0n) is 11.8. The van der Waals surface area contributed by atoms with Crippen LogP contribution in [0.2, 0.25) is 0 Å². The summed E-state index contributed by atoms with van der Waals surface area (Å²) in [6.45, 7) is 5.16. The number of nitrogens with zero attached hydrogens (tertiary/aromatic N) is 4. The van der Waals surface area contributed by atoms with Crippen molar-refractivity contribution in [3.05, 3.63) is 17.3 Å². The first-order valence-electron chi connectivity index (χ1n) is 6.79. The van der Waals surface area contributed by atoms with Gasteiger partial charge in [0.25, 0.3) is 0 Å². The van der Waals surface area contributed by atoms with Crippen LogP contribution in [0.3, 0.4) is 0 Å². The molecular formula is C13H15N5S3. The minimum absolute atomic E-state index is 0.695. The maximum atomic E-state index is 4.65. The van der Waals surface area contributed by atoms with Crippen LogP contribution in [0.5, 0.6) is 0 Å². The van der Waals surface area contributed by atoms with E-state index in [-0.39, 0.29) is 0 Å². The molecule has 21 heavy (non-hydrogen) atoms. The van der Waals surface area contributed by atoms with Crippen molar-refractivity contribution in [2.75, 3.05) is 11.9 Å². The average molecular weight is 337 g/mol. The van der Waals surface area contributed by atoms with Gasteiger partial charge in [0, 0.05) is 16.8 Å². The second-order valence-corrected chi connectivity index (χ2v) is 7.50. The van der Waals surface area contributed by atoms with Crippen LogP contribution in [-0.4, -0.2) is 25.9 Å². The van der Waals surface area contributed by atoms with Gasteiger partial charge in [0.2, 0.25) is 5.95 Å². The Balaban J connectivity index is 2.02. The lowest BCUT2D eigenvalue weighted by molar-refractivity contribution is 0.946. The summed E-state index contributed by atoms with van der Waals surface area (Å²) >= 11 is 4.68. The van der Waals surface area contributed by atoms with Crippen molar-refractivity contribution in [3.8, 4) is 0 Å². The molecule has 8 heteroatoms. The molecule has 0 aliphatic rings. The highest BCUT2D eigenvalue weighted by molar-refractivity contribution is 8.01. The molecule has 0 radical (unpaired) electrons. The maximum absolute atomic E-state index is 4.65. The normalized spacial score (nSPS) is 11.1. The van der Waals surface area contributed by atoms with E-state index in [1.807, 2.05) is 0 Å². The fourth-order valence-electron chi connectivity index (χ4n) is 1.80. The number of fused-ring (bicyclic) bond motifs is 1. The fraction of sp³-hybridized carbons (Fsp3) is 0.385. The molecular weight excluding hydrogens is 322 g/mol. The van der Waals surface area contributed by atoms with Crippen LogP contribution in [0.25, 0.3) is 10.2 Å². The lowest BCUT2D eigenvalue weighted by Crippen LogP contribution is -2.04. The summed E-state index contributed by atoms with van der Waals surface area (Å²) in [5, 5.41) is 5.33. The van der Waals surface area contributed by atoms with Crippen LogP contribution in [0.1, 0.15) is 25.1 Å². The van der Waals surface area contributed by atoms with E-state index in [9.17, 15) is 0 Å². The third kappa shape index (κ3) is 3.33. The van der Waals surface area contributed by atoms with Crippen molar-refractivity contribution in [1.82, 2.24) is 19.3 Å². The molecule has 110 valence electrons. The van der Waals surface area contributed by atoms with Gasteiger partial charge in [0.15, 0.2) is 4.34 Å². The van der Waals surface area contributed by atoms with Crippen LogP contribution >= 0.6 is 34.6 Å². The van der Waals surface area contributed by atoms with E-state index < -0.39 is 0 Å². The molecule has 3 aromatic heterocycles. The van der Waals surface area contributed by atoms with Crippen LogP contribution in [0.15, 0.2) is 21.8 Å². The number of rotatable bonds is 6. The van der Waals surface area contributed by atoms with Gasteiger partial charge in [-0.05, 0) is 42.2 Å². The molecule has 3 rings (SSSR count). The summed E-state index contributed by atoms with van der Waals surface area (Å²) in [6, 6.07) is 2.19. The predicted octanol–water partition coefficient (Wildman–Crippen LogP) is 4.08. The Hall–Kier alpha value is -1.25. The van der Waals surface area contributed by atoms with E-state index >= 15 is 0 Å². The first-order valence-corrected chi connectivity index (χ1v) is 9.19. The Labute approximate surface area is 135 Å². The van der Waals surface area contributed by atoms with Gasteiger partial charge in [-0.2, -0.15) is 4.37 Å². The molecule has 0 unspecified atom stereocenters. The van der Waals surface area contributed by atoms with Crippen molar-refractivity contribution in [2.45, 2.75) is 36.1 Å². The van der Waals surface area contributed by atoms with E-state index in [2.05, 4.69) is 44.6 Å². The monoisotopic (exact) mass is 337 g/mol. The zero-order valence-corrected chi connectivity index (χ0v) is 14.2. The van der Waals surface area contributed by atoms with Crippen molar-refractivity contribution < 1.29 is 0 Å². The van der Waals surface area contributed by atoms with Crippen LogP contribution in [0, 0.1) is 0 Å². The second kappa shape index (κ2) is 6.67. The summed E-state index contributed by atoms with van der Waals surface area (Å²) in [7, 11) is 0. The number of aromatic nitrogens is 4. The van der Waals surface area contributed by atoms with E-state index in [1.165, 1.54) is 16.4 Å². The SMILES string of the molecule is CCCNc1nc(Sc2ncns2)c2cc(CC)sc2n1. The van der Waals surface area contributed by atoms with Gasteiger partial charge in [-0.15, -0.1) is 11.3 Å². The topological polar surface area (TPSA) is 63.6 Å². The van der Waals surface area contributed by atoms with E-state index in [0.29, 0.717) is 5.95 Å². The Kier molecular flexibility index (Phi) is 4.67. The Morgan fingerprint density at radius 2 is 2.19 bits per heavy atom. The number of nitrogens with one attached hydrogen (secondary N) is 1. The predicted molar refractivity (Wildman–Crippen MR) is 89.6 cm³/mol. The first kappa shape index (κ1) is 14.7. The van der Waals surface area contributed by atoms with Gasteiger partial charge in [0.05, 0.1) is 0 Å². The van der Waals surface area contributed by atoms with E-state index in [1.54, 1.807) is 29.4 Å². The summed E-state index contributed by atoms with van der Waals surface area (Å²) in [5.41, 5.74) is 0. The molecule has 0 saturated carbocycles. The molecule has 0 aromatic carbocycles. The maximum Gasteiger partial charge on any atom is 0.225 e. The van der Waals surface area contributed by atoms with Gasteiger partial charge < -0.3 is 5.32 Å². The van der Waals surface area contributed by atoms with Crippen molar-refractivity contribution in [1.29, 1.82) is 0 Å². The number of hydrogen-bond acceptors (Lipinski definition) is 8. The van der Waals surface area contributed by atoms with Gasteiger partial charge in [-0.1, -0.05) is 13.8 Å². The lowest BCUT2D eigenvalue weighted by Gasteiger charge is -2.05. The van der Waals surface area contributed by atoms with Crippen LogP contribution in [0.4, 0.5) is 5.95 Å². The van der Waals surface area contributed by atoms with Gasteiger partial charge in [-0.25, -0.2) is 15.0 Å². The van der Waals surface area contributed by atoms with Crippen molar-refractivity contribution in [2.24, 2.45) is 0 Å². The van der Waals surface area contributed by atoms with Crippen LogP contribution < -0.4 is 5.32 Å². The highest BCUT2D eigenvalue weighted by atomic mass is 32.2. The average Bonchev–Trinajstić information content (AvgIpc) is 3.13.